The van der Waals surface area contributed by atoms with Gasteiger partial charge in [0.25, 0.3) is 0 Å². The monoisotopic (exact) mass is 574 g/mol. The minimum absolute atomic E-state index is 0.251. The number of benzene rings is 4. The van der Waals surface area contributed by atoms with Gasteiger partial charge >= 0.3 is 0 Å². The molecule has 0 bridgehead atoms. The van der Waals surface area contributed by atoms with Crippen LogP contribution in [0.4, 0.5) is 11.4 Å². The van der Waals surface area contributed by atoms with Crippen LogP contribution in [-0.2, 0) is 10.2 Å². The maximum atomic E-state index is 14.8. The topological polar surface area (TPSA) is 75.7 Å². The maximum Gasteiger partial charge on any atom is 0.238 e. The number of rotatable bonds is 5. The summed E-state index contributed by atoms with van der Waals surface area (Å²) in [6.07, 6.45) is 3.98. The fourth-order valence-electron chi connectivity index (χ4n) is 7.02. The van der Waals surface area contributed by atoms with Crippen LogP contribution in [0.2, 0.25) is 5.02 Å². The van der Waals surface area contributed by atoms with Crippen LogP contribution < -0.4 is 15.0 Å². The molecule has 1 N–H and O–H groups in total. The Balaban J connectivity index is 1.52. The first-order valence-corrected chi connectivity index (χ1v) is 14.2. The van der Waals surface area contributed by atoms with Gasteiger partial charge in [-0.1, -0.05) is 53.6 Å². The van der Waals surface area contributed by atoms with Gasteiger partial charge in [-0.3, -0.25) is 14.4 Å². The third kappa shape index (κ3) is 3.68. The number of ketones is 2. The molecule has 0 saturated carbocycles. The summed E-state index contributed by atoms with van der Waals surface area (Å²) in [6, 6.07) is 25.5. The summed E-state index contributed by atoms with van der Waals surface area (Å²) in [5.74, 6) is -1.26. The number of Topliss-reactive ketones (excluding diaryl/α,β-unsaturated/α-hetero) is 2. The smallest absolute Gasteiger partial charge is 0.238 e. The number of ether oxygens (including phenoxy) is 1. The third-order valence-corrected chi connectivity index (χ3v) is 9.09. The molecule has 42 heavy (non-hydrogen) atoms. The Morgan fingerprint density at radius 2 is 1.60 bits per heavy atom. The summed E-state index contributed by atoms with van der Waals surface area (Å²) in [6.45, 7) is 2.01. The lowest BCUT2D eigenvalue weighted by molar-refractivity contribution is -0.121. The van der Waals surface area contributed by atoms with Crippen molar-refractivity contribution in [1.82, 2.24) is 0 Å². The van der Waals surface area contributed by atoms with E-state index in [1.165, 1.54) is 0 Å². The molecule has 3 aliphatic heterocycles. The molecule has 3 aliphatic rings. The van der Waals surface area contributed by atoms with Crippen molar-refractivity contribution in [3.8, 4) is 5.75 Å². The molecular formula is C35H27ClN2O4. The lowest BCUT2D eigenvalue weighted by atomic mass is 9.64. The molecule has 6 nitrogen and oxygen atoms in total. The number of nitrogens with one attached hydrogen (secondary N) is 1. The molecule has 4 unspecified atom stereocenters. The predicted octanol–water partition coefficient (Wildman–Crippen LogP) is 6.51. The van der Waals surface area contributed by atoms with Gasteiger partial charge < -0.3 is 15.0 Å². The molecular weight excluding hydrogens is 548 g/mol. The van der Waals surface area contributed by atoms with Crippen molar-refractivity contribution >= 4 is 46.5 Å². The molecule has 4 aromatic rings. The summed E-state index contributed by atoms with van der Waals surface area (Å²) < 4.78 is 5.33. The molecule has 208 valence electrons. The number of anilines is 2. The number of carbonyl (C=O) groups excluding carboxylic acids is 3. The first-order chi connectivity index (χ1) is 20.3. The largest absolute Gasteiger partial charge is 0.497 e. The van der Waals surface area contributed by atoms with Crippen molar-refractivity contribution in [2.45, 2.75) is 24.4 Å². The van der Waals surface area contributed by atoms with E-state index in [9.17, 15) is 14.4 Å². The highest BCUT2D eigenvalue weighted by Crippen LogP contribution is 2.58. The molecule has 1 amide bonds. The quantitative estimate of drug-likeness (QED) is 0.275. The normalized spacial score (nSPS) is 23.3. The van der Waals surface area contributed by atoms with Crippen molar-refractivity contribution in [3.63, 3.8) is 0 Å². The maximum absolute atomic E-state index is 14.8. The third-order valence-electron chi connectivity index (χ3n) is 8.84. The Hall–Kier alpha value is -4.68. The van der Waals surface area contributed by atoms with Crippen LogP contribution in [-0.4, -0.2) is 36.7 Å². The van der Waals surface area contributed by atoms with Crippen LogP contribution in [0.3, 0.4) is 0 Å². The number of methoxy groups -OCH3 is 1. The lowest BCUT2D eigenvalue weighted by Crippen LogP contribution is -2.51. The summed E-state index contributed by atoms with van der Waals surface area (Å²) in [5.41, 5.74) is 3.63. The number of fused-ring (bicyclic) bond motifs is 6. The first kappa shape index (κ1) is 26.2. The van der Waals surface area contributed by atoms with Gasteiger partial charge in [-0.2, -0.15) is 0 Å². The summed E-state index contributed by atoms with van der Waals surface area (Å²) in [5, 5.41) is 3.56. The van der Waals surface area contributed by atoms with Gasteiger partial charge in [-0.15, -0.1) is 0 Å². The highest BCUT2D eigenvalue weighted by atomic mass is 35.5. The van der Waals surface area contributed by atoms with E-state index in [-0.39, 0.29) is 17.5 Å². The van der Waals surface area contributed by atoms with Gasteiger partial charge in [0.15, 0.2) is 11.6 Å². The molecule has 4 aromatic carbocycles. The summed E-state index contributed by atoms with van der Waals surface area (Å²) >= 11 is 6.18. The highest BCUT2D eigenvalue weighted by Gasteiger charge is 2.70. The van der Waals surface area contributed by atoms with E-state index < -0.39 is 23.4 Å². The molecule has 1 fully saturated rings. The van der Waals surface area contributed by atoms with E-state index in [4.69, 9.17) is 16.3 Å². The Morgan fingerprint density at radius 3 is 2.33 bits per heavy atom. The number of para-hydroxylation sites is 1. The summed E-state index contributed by atoms with van der Waals surface area (Å²) in [7, 11) is 1.56. The van der Waals surface area contributed by atoms with Gasteiger partial charge in [0.2, 0.25) is 5.91 Å². The van der Waals surface area contributed by atoms with Crippen LogP contribution in [0.1, 0.15) is 37.4 Å². The van der Waals surface area contributed by atoms with Crippen molar-refractivity contribution in [2.75, 3.05) is 17.3 Å². The van der Waals surface area contributed by atoms with Gasteiger partial charge in [0.1, 0.15) is 17.2 Å². The fraction of sp³-hybridized carbons (Fsp3) is 0.171. The zero-order chi connectivity index (χ0) is 29.2. The second-order valence-corrected chi connectivity index (χ2v) is 11.5. The second kappa shape index (κ2) is 9.71. The van der Waals surface area contributed by atoms with Gasteiger partial charge in [-0.25, -0.2) is 0 Å². The van der Waals surface area contributed by atoms with E-state index in [0.717, 1.165) is 16.8 Å². The molecule has 7 rings (SSSR count). The molecule has 1 spiro atoms. The zero-order valence-corrected chi connectivity index (χ0v) is 23.8. The fourth-order valence-corrected chi connectivity index (χ4v) is 7.14. The molecule has 7 heteroatoms. The van der Waals surface area contributed by atoms with Gasteiger partial charge in [-0.05, 0) is 84.8 Å². The first-order valence-electron chi connectivity index (χ1n) is 13.8. The van der Waals surface area contributed by atoms with Crippen LogP contribution in [0.25, 0.3) is 6.08 Å². The van der Waals surface area contributed by atoms with Gasteiger partial charge in [0.05, 0.1) is 19.1 Å². The number of amides is 1. The van der Waals surface area contributed by atoms with Crippen molar-refractivity contribution in [1.29, 1.82) is 0 Å². The number of halogens is 1. The average molecular weight is 575 g/mol. The molecule has 3 heterocycles. The molecule has 0 radical (unpaired) electrons. The highest BCUT2D eigenvalue weighted by molar-refractivity contribution is 6.30. The minimum atomic E-state index is -1.36. The Morgan fingerprint density at radius 1 is 0.905 bits per heavy atom. The van der Waals surface area contributed by atoms with Crippen molar-refractivity contribution in [3.05, 3.63) is 130 Å². The SMILES string of the molecule is COc1ccc(C(=O)C2C(C(=O)c3ccc(Cl)cc3)N3c4ccc(C)cc4C=CC3C23C(=O)Nc2ccccc23)cc1. The zero-order valence-electron chi connectivity index (χ0n) is 23.0. The van der Waals surface area contributed by atoms with E-state index in [1.807, 2.05) is 60.4 Å². The standard InChI is InChI=1S/C35H27ClN2O4/c1-20-7-17-28-23(19-20)12-18-29-35(26-5-3-4-6-27(26)37-34(35)41)30(32(39)21-10-15-25(42-2)16-11-21)31(38(28)29)33(40)22-8-13-24(36)14-9-22/h3-19,29-31H,1-2H3,(H,37,41). The molecule has 0 aromatic heterocycles. The van der Waals surface area contributed by atoms with E-state index >= 15 is 0 Å². The molecule has 1 saturated heterocycles. The Bertz CT molecular complexity index is 1800. The van der Waals surface area contributed by atoms with E-state index in [2.05, 4.69) is 11.4 Å². The van der Waals surface area contributed by atoms with Gasteiger partial charge in [0, 0.05) is 27.5 Å². The average Bonchev–Trinajstić information content (AvgIpc) is 3.49. The van der Waals surface area contributed by atoms with Crippen LogP contribution in [0.15, 0.2) is 97.1 Å². The van der Waals surface area contributed by atoms with Crippen LogP contribution >= 0.6 is 11.6 Å². The van der Waals surface area contributed by atoms with Crippen LogP contribution in [0.5, 0.6) is 5.75 Å². The number of aryl methyl sites for hydroxylation is 1. The Kier molecular flexibility index (Phi) is 6.06. The molecule has 4 atom stereocenters. The van der Waals surface area contributed by atoms with E-state index in [0.29, 0.717) is 33.1 Å². The number of nitrogens with zero attached hydrogens (tertiary/aromatic N) is 1. The van der Waals surface area contributed by atoms with E-state index in [1.54, 1.807) is 55.6 Å². The number of carbonyl (C=O) groups is 3. The van der Waals surface area contributed by atoms with Crippen molar-refractivity contribution in [2.24, 2.45) is 5.92 Å². The number of hydrogen-bond donors (Lipinski definition) is 1. The predicted molar refractivity (Wildman–Crippen MR) is 164 cm³/mol. The van der Waals surface area contributed by atoms with Crippen LogP contribution in [0, 0.1) is 12.8 Å². The molecule has 0 aliphatic carbocycles. The minimum Gasteiger partial charge on any atom is -0.497 e. The Labute approximate surface area is 248 Å². The number of hydrogen-bond acceptors (Lipinski definition) is 5. The second-order valence-electron chi connectivity index (χ2n) is 11.0. The lowest BCUT2D eigenvalue weighted by Gasteiger charge is -2.37. The summed E-state index contributed by atoms with van der Waals surface area (Å²) in [4.78, 5) is 45.9. The van der Waals surface area contributed by atoms with Crippen molar-refractivity contribution < 1.29 is 19.1 Å².